The molecule has 15 heavy (non-hydrogen) atoms. The Morgan fingerprint density at radius 1 is 1.07 bits per heavy atom. The number of carbonyl (C=O) groups is 1. The molecule has 1 atom stereocenters. The van der Waals surface area contributed by atoms with Gasteiger partial charge in [0.1, 0.15) is 6.29 Å². The molecule has 4 nitrogen and oxygen atoms in total. The summed E-state index contributed by atoms with van der Waals surface area (Å²) in [4.78, 5) is 10.7. The van der Waals surface area contributed by atoms with E-state index in [2.05, 4.69) is 0 Å². The van der Waals surface area contributed by atoms with Crippen molar-refractivity contribution in [2.24, 2.45) is 5.92 Å². The Labute approximate surface area is 93.3 Å². The third-order valence-corrected chi connectivity index (χ3v) is 5.23. The van der Waals surface area contributed by atoms with E-state index in [0.29, 0.717) is 25.9 Å². The lowest BCUT2D eigenvalue weighted by Crippen LogP contribution is -2.47. The van der Waals surface area contributed by atoms with Crippen LogP contribution in [0.3, 0.4) is 0 Å². The molecule has 90 valence electrons. The van der Waals surface area contributed by atoms with Crippen molar-refractivity contribution >= 4 is 15.1 Å². The lowest BCUT2D eigenvalue weighted by atomic mass is 10.3. The van der Waals surface area contributed by atoms with E-state index in [1.165, 1.54) is 0 Å². The second-order valence-corrected chi connectivity index (χ2v) is 5.94. The van der Waals surface area contributed by atoms with Gasteiger partial charge in [-0.25, -0.2) is 0 Å². The van der Waals surface area contributed by atoms with Crippen LogP contribution in [0.1, 0.15) is 27.7 Å². The van der Waals surface area contributed by atoms with Gasteiger partial charge in [0.15, 0.2) is 0 Å². The number of carbonyl (C=O) groups excluding carboxylic acids is 1. The normalized spacial score (nSPS) is 13.9. The zero-order chi connectivity index (χ0) is 11.7. The van der Waals surface area contributed by atoms with Gasteiger partial charge in [0, 0.05) is 31.8 Å². The van der Waals surface area contributed by atoms with Crippen molar-refractivity contribution in [3.8, 4) is 0 Å². The molecule has 0 aliphatic heterocycles. The molecule has 5 heteroatoms. The maximum Gasteiger partial charge on any atom is 0.501 e. The monoisotopic (exact) mass is 234 g/mol. The molecule has 0 radical (unpaired) electrons. The van der Waals surface area contributed by atoms with E-state index < -0.39 is 8.80 Å². The van der Waals surface area contributed by atoms with Crippen LogP contribution in [0.5, 0.6) is 0 Å². The van der Waals surface area contributed by atoms with Crippen LogP contribution in [0.4, 0.5) is 0 Å². The summed E-state index contributed by atoms with van der Waals surface area (Å²) in [6, 6.07) is 0.562. The van der Waals surface area contributed by atoms with E-state index >= 15 is 0 Å². The summed E-state index contributed by atoms with van der Waals surface area (Å²) in [6.45, 7) is 9.24. The van der Waals surface area contributed by atoms with Gasteiger partial charge in [-0.1, -0.05) is 6.92 Å². The summed E-state index contributed by atoms with van der Waals surface area (Å²) in [5.41, 5.74) is 0. The Kier molecular flexibility index (Phi) is 7.86. The Bertz CT molecular complexity index is 158. The molecule has 0 rings (SSSR count). The van der Waals surface area contributed by atoms with Crippen LogP contribution in [-0.4, -0.2) is 34.9 Å². The van der Waals surface area contributed by atoms with Crippen molar-refractivity contribution in [3.63, 3.8) is 0 Å². The first-order valence-corrected chi connectivity index (χ1v) is 7.44. The number of rotatable bonds is 9. The first-order valence-electron chi connectivity index (χ1n) is 5.51. The van der Waals surface area contributed by atoms with Crippen LogP contribution in [0, 0.1) is 5.92 Å². The van der Waals surface area contributed by atoms with E-state index in [0.717, 1.165) is 6.29 Å². The maximum absolute atomic E-state index is 10.7. The first-order chi connectivity index (χ1) is 7.14. The first kappa shape index (κ1) is 14.8. The molecule has 0 saturated heterocycles. The summed E-state index contributed by atoms with van der Waals surface area (Å²) >= 11 is 0. The molecule has 0 heterocycles. The van der Waals surface area contributed by atoms with E-state index in [1.54, 1.807) is 0 Å². The third kappa shape index (κ3) is 5.41. The number of hydrogen-bond donors (Lipinski definition) is 0. The summed E-state index contributed by atoms with van der Waals surface area (Å²) < 4.78 is 16.9. The van der Waals surface area contributed by atoms with Crippen molar-refractivity contribution in [3.05, 3.63) is 0 Å². The molecule has 0 aromatic rings. The molecular formula is C10H22O4Si. The quantitative estimate of drug-likeness (QED) is 0.451. The van der Waals surface area contributed by atoms with Crippen molar-refractivity contribution in [1.82, 2.24) is 0 Å². The van der Waals surface area contributed by atoms with Crippen LogP contribution < -0.4 is 0 Å². The molecule has 0 spiro atoms. The van der Waals surface area contributed by atoms with Crippen molar-refractivity contribution < 1.29 is 18.1 Å². The van der Waals surface area contributed by atoms with Gasteiger partial charge >= 0.3 is 8.80 Å². The topological polar surface area (TPSA) is 44.8 Å². The summed E-state index contributed by atoms with van der Waals surface area (Å²) in [5.74, 6) is -0.0821. The van der Waals surface area contributed by atoms with Crippen LogP contribution in [0.25, 0.3) is 0 Å². The fraction of sp³-hybridized carbons (Fsp3) is 0.900. The highest BCUT2D eigenvalue weighted by molar-refractivity contribution is 6.61. The summed E-state index contributed by atoms with van der Waals surface area (Å²) in [7, 11) is -2.61. The molecule has 0 bridgehead atoms. The van der Waals surface area contributed by atoms with E-state index in [9.17, 15) is 4.79 Å². The zero-order valence-electron chi connectivity index (χ0n) is 10.1. The van der Waals surface area contributed by atoms with Crippen molar-refractivity contribution in [2.75, 3.05) is 19.8 Å². The minimum atomic E-state index is -2.61. The molecule has 0 aliphatic rings. The summed E-state index contributed by atoms with van der Waals surface area (Å²) in [5, 5.41) is 0. The largest absolute Gasteiger partial charge is 0.501 e. The standard InChI is InChI=1S/C10H22O4Si/c1-5-12-15(13-6-2,14-7-3)9-10(4)8-11/h8,10H,5-7,9H2,1-4H3. The highest BCUT2D eigenvalue weighted by atomic mass is 28.4. The molecule has 1 unspecified atom stereocenters. The molecule has 0 fully saturated rings. The minimum Gasteiger partial charge on any atom is -0.374 e. The Hall–Kier alpha value is -0.233. The number of aldehydes is 1. The van der Waals surface area contributed by atoms with Crippen LogP contribution in [-0.2, 0) is 18.1 Å². The second-order valence-electron chi connectivity index (χ2n) is 3.30. The fourth-order valence-corrected chi connectivity index (χ4v) is 4.21. The highest BCUT2D eigenvalue weighted by Gasteiger charge is 2.41. The third-order valence-electron chi connectivity index (χ3n) is 1.90. The predicted molar refractivity (Wildman–Crippen MR) is 60.7 cm³/mol. The van der Waals surface area contributed by atoms with E-state index in [-0.39, 0.29) is 5.92 Å². The van der Waals surface area contributed by atoms with Gasteiger partial charge in [-0.05, 0) is 20.8 Å². The Balaban J connectivity index is 4.51. The second kappa shape index (κ2) is 7.98. The minimum absolute atomic E-state index is 0.0821. The van der Waals surface area contributed by atoms with Gasteiger partial charge in [-0.15, -0.1) is 0 Å². The smallest absolute Gasteiger partial charge is 0.374 e. The molecular weight excluding hydrogens is 212 g/mol. The zero-order valence-corrected chi connectivity index (χ0v) is 11.1. The lowest BCUT2D eigenvalue weighted by molar-refractivity contribution is -0.110. The van der Waals surface area contributed by atoms with Gasteiger partial charge < -0.3 is 18.1 Å². The maximum atomic E-state index is 10.7. The van der Waals surface area contributed by atoms with Crippen LogP contribution in [0.2, 0.25) is 6.04 Å². The van der Waals surface area contributed by atoms with Gasteiger partial charge in [-0.2, -0.15) is 0 Å². The van der Waals surface area contributed by atoms with Gasteiger partial charge in [0.25, 0.3) is 0 Å². The van der Waals surface area contributed by atoms with Gasteiger partial charge in [0.2, 0.25) is 0 Å². The Morgan fingerprint density at radius 2 is 1.47 bits per heavy atom. The molecule has 0 aliphatic carbocycles. The van der Waals surface area contributed by atoms with E-state index in [1.807, 2.05) is 27.7 Å². The highest BCUT2D eigenvalue weighted by Crippen LogP contribution is 2.20. The molecule has 0 aromatic carbocycles. The molecule has 0 saturated carbocycles. The fourth-order valence-electron chi connectivity index (χ4n) is 1.40. The lowest BCUT2D eigenvalue weighted by Gasteiger charge is -2.29. The molecule has 0 N–H and O–H groups in total. The average Bonchev–Trinajstić information content (AvgIpc) is 2.18. The summed E-state index contributed by atoms with van der Waals surface area (Å²) in [6.07, 6.45) is 0.915. The number of hydrogen-bond acceptors (Lipinski definition) is 4. The van der Waals surface area contributed by atoms with Crippen LogP contribution in [0.15, 0.2) is 0 Å². The molecule has 0 aromatic heterocycles. The van der Waals surface area contributed by atoms with E-state index in [4.69, 9.17) is 13.3 Å². The van der Waals surface area contributed by atoms with Crippen LogP contribution >= 0.6 is 0 Å². The van der Waals surface area contributed by atoms with Gasteiger partial charge in [0.05, 0.1) is 0 Å². The van der Waals surface area contributed by atoms with Gasteiger partial charge in [-0.3, -0.25) is 0 Å². The average molecular weight is 234 g/mol. The van der Waals surface area contributed by atoms with Crippen molar-refractivity contribution in [2.45, 2.75) is 33.7 Å². The predicted octanol–water partition coefficient (Wildman–Crippen LogP) is 1.87. The SMILES string of the molecule is CCO[Si](CC(C)C=O)(OCC)OCC. The molecule has 0 amide bonds. The Morgan fingerprint density at radius 3 is 1.73 bits per heavy atom. The van der Waals surface area contributed by atoms with Crippen molar-refractivity contribution in [1.29, 1.82) is 0 Å².